The van der Waals surface area contributed by atoms with Crippen molar-refractivity contribution in [1.82, 2.24) is 20.1 Å². The molecular formula is C15H20N4O3. The van der Waals surface area contributed by atoms with Gasteiger partial charge in [0, 0.05) is 6.54 Å². The molecule has 7 nitrogen and oxygen atoms in total. The number of rotatable bonds is 9. The first kappa shape index (κ1) is 16.0. The first-order chi connectivity index (χ1) is 10.8. The summed E-state index contributed by atoms with van der Waals surface area (Å²) in [6, 6.07) is 9.26. The molecule has 0 aliphatic rings. The van der Waals surface area contributed by atoms with Crippen LogP contribution < -0.4 is 10.1 Å². The van der Waals surface area contributed by atoms with E-state index in [2.05, 4.69) is 15.4 Å². The number of hydrogen-bond donors (Lipinski definition) is 1. The Morgan fingerprint density at radius 1 is 1.32 bits per heavy atom. The molecule has 0 bridgehead atoms. The molecule has 1 amide bonds. The Bertz CT molecular complexity index is 545. The second kappa shape index (κ2) is 8.78. The molecule has 1 aromatic heterocycles. The third-order valence-corrected chi connectivity index (χ3v) is 2.90. The standard InChI is InChI=1S/C15H20N4O3/c1-13(22-14-5-3-2-4-6-14)15(20)17-7-9-21-10-8-19-12-16-11-18-19/h2-6,11-13H,7-10H2,1H3,(H,17,20)/t13-/m0/s1. The number of para-hydroxylation sites is 1. The number of aromatic nitrogens is 3. The van der Waals surface area contributed by atoms with E-state index in [-0.39, 0.29) is 5.91 Å². The number of amides is 1. The largest absolute Gasteiger partial charge is 0.481 e. The van der Waals surface area contributed by atoms with Gasteiger partial charge in [0.25, 0.3) is 5.91 Å². The maximum Gasteiger partial charge on any atom is 0.260 e. The Kier molecular flexibility index (Phi) is 6.38. The van der Waals surface area contributed by atoms with Crippen molar-refractivity contribution in [3.8, 4) is 5.75 Å². The molecule has 0 radical (unpaired) electrons. The van der Waals surface area contributed by atoms with Crippen LogP contribution in [0.2, 0.25) is 0 Å². The summed E-state index contributed by atoms with van der Waals surface area (Å²) in [7, 11) is 0. The molecule has 22 heavy (non-hydrogen) atoms. The lowest BCUT2D eigenvalue weighted by molar-refractivity contribution is -0.127. The number of carbonyl (C=O) groups excluding carboxylic acids is 1. The zero-order valence-electron chi connectivity index (χ0n) is 12.5. The van der Waals surface area contributed by atoms with Gasteiger partial charge in [0.05, 0.1) is 19.8 Å². The summed E-state index contributed by atoms with van der Waals surface area (Å²) >= 11 is 0. The van der Waals surface area contributed by atoms with Gasteiger partial charge in [0.15, 0.2) is 6.10 Å². The Labute approximate surface area is 129 Å². The third kappa shape index (κ3) is 5.53. The average Bonchev–Trinajstić information content (AvgIpc) is 3.04. The molecule has 0 aliphatic heterocycles. The fraction of sp³-hybridized carbons (Fsp3) is 0.400. The number of hydrogen-bond acceptors (Lipinski definition) is 5. The van der Waals surface area contributed by atoms with Crippen molar-refractivity contribution in [3.05, 3.63) is 43.0 Å². The highest BCUT2D eigenvalue weighted by Crippen LogP contribution is 2.10. The lowest BCUT2D eigenvalue weighted by Crippen LogP contribution is -2.38. The maximum absolute atomic E-state index is 11.9. The van der Waals surface area contributed by atoms with Gasteiger partial charge in [-0.2, -0.15) is 5.10 Å². The van der Waals surface area contributed by atoms with Crippen molar-refractivity contribution in [2.45, 2.75) is 19.6 Å². The molecule has 1 N–H and O–H groups in total. The van der Waals surface area contributed by atoms with Crippen molar-refractivity contribution in [2.75, 3.05) is 19.8 Å². The number of nitrogens with zero attached hydrogens (tertiary/aromatic N) is 3. The van der Waals surface area contributed by atoms with Gasteiger partial charge in [0.2, 0.25) is 0 Å². The predicted octanol–water partition coefficient (Wildman–Crippen LogP) is 0.878. The third-order valence-electron chi connectivity index (χ3n) is 2.90. The van der Waals surface area contributed by atoms with E-state index in [0.29, 0.717) is 32.1 Å². The van der Waals surface area contributed by atoms with E-state index in [1.165, 1.54) is 6.33 Å². The van der Waals surface area contributed by atoms with Crippen LogP contribution in [-0.4, -0.2) is 46.5 Å². The van der Waals surface area contributed by atoms with Crippen LogP contribution in [0.4, 0.5) is 0 Å². The Balaban J connectivity index is 1.55. The second-order valence-electron chi connectivity index (χ2n) is 4.64. The minimum absolute atomic E-state index is 0.163. The molecule has 1 atom stereocenters. The molecule has 0 saturated carbocycles. The summed E-state index contributed by atoms with van der Waals surface area (Å²) < 4.78 is 12.6. The first-order valence-electron chi connectivity index (χ1n) is 7.15. The zero-order valence-corrected chi connectivity index (χ0v) is 12.5. The summed E-state index contributed by atoms with van der Waals surface area (Å²) in [5.41, 5.74) is 0. The highest BCUT2D eigenvalue weighted by atomic mass is 16.5. The van der Waals surface area contributed by atoms with Crippen molar-refractivity contribution in [1.29, 1.82) is 0 Å². The molecule has 2 rings (SSSR count). The number of ether oxygens (including phenoxy) is 2. The highest BCUT2D eigenvalue weighted by molar-refractivity contribution is 5.80. The second-order valence-corrected chi connectivity index (χ2v) is 4.64. The number of carbonyl (C=O) groups is 1. The van der Waals surface area contributed by atoms with Crippen LogP contribution in [0.25, 0.3) is 0 Å². The lowest BCUT2D eigenvalue weighted by Gasteiger charge is -2.14. The fourth-order valence-corrected chi connectivity index (χ4v) is 1.76. The van der Waals surface area contributed by atoms with E-state index in [0.717, 1.165) is 0 Å². The van der Waals surface area contributed by atoms with Gasteiger partial charge in [-0.15, -0.1) is 0 Å². The van der Waals surface area contributed by atoms with E-state index < -0.39 is 6.10 Å². The van der Waals surface area contributed by atoms with Crippen molar-refractivity contribution < 1.29 is 14.3 Å². The Morgan fingerprint density at radius 2 is 2.14 bits per heavy atom. The van der Waals surface area contributed by atoms with Gasteiger partial charge in [-0.3, -0.25) is 9.48 Å². The van der Waals surface area contributed by atoms with Gasteiger partial charge in [-0.1, -0.05) is 18.2 Å². The summed E-state index contributed by atoms with van der Waals surface area (Å²) in [5.74, 6) is 0.512. The molecule has 118 valence electrons. The van der Waals surface area contributed by atoms with E-state index in [1.54, 1.807) is 17.9 Å². The summed E-state index contributed by atoms with van der Waals surface area (Å²) in [5, 5.41) is 6.74. The molecule has 0 saturated heterocycles. The Hall–Kier alpha value is -2.41. The van der Waals surface area contributed by atoms with Crippen molar-refractivity contribution >= 4 is 5.91 Å². The fourth-order valence-electron chi connectivity index (χ4n) is 1.76. The monoisotopic (exact) mass is 304 g/mol. The van der Waals surface area contributed by atoms with E-state index in [9.17, 15) is 4.79 Å². The highest BCUT2D eigenvalue weighted by Gasteiger charge is 2.13. The molecule has 7 heteroatoms. The smallest absolute Gasteiger partial charge is 0.260 e. The molecule has 1 heterocycles. The molecule has 0 unspecified atom stereocenters. The van der Waals surface area contributed by atoms with Crippen LogP contribution in [-0.2, 0) is 16.1 Å². The first-order valence-corrected chi connectivity index (χ1v) is 7.15. The minimum atomic E-state index is -0.544. The Morgan fingerprint density at radius 3 is 2.86 bits per heavy atom. The van der Waals surface area contributed by atoms with E-state index >= 15 is 0 Å². The van der Waals surface area contributed by atoms with Crippen LogP contribution >= 0.6 is 0 Å². The number of nitrogens with one attached hydrogen (secondary N) is 1. The zero-order chi connectivity index (χ0) is 15.6. The van der Waals surface area contributed by atoms with Crippen molar-refractivity contribution in [2.24, 2.45) is 0 Å². The molecule has 0 aliphatic carbocycles. The van der Waals surface area contributed by atoms with E-state index in [4.69, 9.17) is 9.47 Å². The van der Waals surface area contributed by atoms with Crippen LogP contribution in [0, 0.1) is 0 Å². The van der Waals surface area contributed by atoms with Crippen LogP contribution in [0.15, 0.2) is 43.0 Å². The van der Waals surface area contributed by atoms with Crippen molar-refractivity contribution in [3.63, 3.8) is 0 Å². The molecule has 0 fully saturated rings. The SMILES string of the molecule is C[C@H](Oc1ccccc1)C(=O)NCCOCCn1cncn1. The molecule has 1 aromatic carbocycles. The summed E-state index contributed by atoms with van der Waals surface area (Å²) in [6.45, 7) is 3.77. The molecule has 0 spiro atoms. The van der Waals surface area contributed by atoms with Gasteiger partial charge >= 0.3 is 0 Å². The average molecular weight is 304 g/mol. The normalized spacial score (nSPS) is 11.9. The van der Waals surface area contributed by atoms with Crippen LogP contribution in [0.1, 0.15) is 6.92 Å². The molecular weight excluding hydrogens is 284 g/mol. The van der Waals surface area contributed by atoms with Gasteiger partial charge < -0.3 is 14.8 Å². The van der Waals surface area contributed by atoms with Gasteiger partial charge in [-0.05, 0) is 19.1 Å². The number of benzene rings is 1. The summed E-state index contributed by atoms with van der Waals surface area (Å²) in [4.78, 5) is 15.7. The van der Waals surface area contributed by atoms with Crippen LogP contribution in [0.5, 0.6) is 5.75 Å². The predicted molar refractivity (Wildman–Crippen MR) is 80.4 cm³/mol. The minimum Gasteiger partial charge on any atom is -0.481 e. The van der Waals surface area contributed by atoms with Gasteiger partial charge in [0.1, 0.15) is 18.4 Å². The maximum atomic E-state index is 11.9. The van der Waals surface area contributed by atoms with Gasteiger partial charge in [-0.25, -0.2) is 4.98 Å². The molecule has 2 aromatic rings. The van der Waals surface area contributed by atoms with Crippen LogP contribution in [0.3, 0.4) is 0 Å². The quantitative estimate of drug-likeness (QED) is 0.696. The van der Waals surface area contributed by atoms with E-state index in [1.807, 2.05) is 30.3 Å². The topological polar surface area (TPSA) is 78.3 Å². The summed E-state index contributed by atoms with van der Waals surface area (Å²) in [6.07, 6.45) is 2.57. The lowest BCUT2D eigenvalue weighted by atomic mass is 10.3.